The zero-order valence-corrected chi connectivity index (χ0v) is 13.1. The fraction of sp³-hybridized carbons (Fsp3) is 0.733. The summed E-state index contributed by atoms with van der Waals surface area (Å²) >= 11 is 1.78. The fourth-order valence-corrected chi connectivity index (χ4v) is 3.72. The first kappa shape index (κ1) is 15.0. The molecule has 1 aliphatic rings. The van der Waals surface area contributed by atoms with Crippen molar-refractivity contribution in [3.63, 3.8) is 0 Å². The zero-order chi connectivity index (χ0) is 13.7. The van der Waals surface area contributed by atoms with Gasteiger partial charge in [-0.25, -0.2) is 0 Å². The lowest BCUT2D eigenvalue weighted by molar-refractivity contribution is -0.0312. The SMILES string of the molecule is CCC(C)(C(Cc1ccsc1)NC)N1CCOCC1. The van der Waals surface area contributed by atoms with Gasteiger partial charge in [0.15, 0.2) is 0 Å². The highest BCUT2D eigenvalue weighted by molar-refractivity contribution is 7.07. The first-order valence-electron chi connectivity index (χ1n) is 7.22. The van der Waals surface area contributed by atoms with Crippen LogP contribution in [0.25, 0.3) is 0 Å². The molecule has 3 nitrogen and oxygen atoms in total. The summed E-state index contributed by atoms with van der Waals surface area (Å²) in [5, 5.41) is 7.98. The molecule has 2 rings (SSSR count). The Morgan fingerprint density at radius 1 is 1.47 bits per heavy atom. The van der Waals surface area contributed by atoms with Gasteiger partial charge in [-0.15, -0.1) is 0 Å². The molecule has 0 saturated carbocycles. The van der Waals surface area contributed by atoms with E-state index in [-0.39, 0.29) is 5.54 Å². The monoisotopic (exact) mass is 282 g/mol. The highest BCUT2D eigenvalue weighted by atomic mass is 32.1. The third kappa shape index (κ3) is 3.37. The van der Waals surface area contributed by atoms with Crippen molar-refractivity contribution in [2.24, 2.45) is 0 Å². The molecule has 0 amide bonds. The van der Waals surface area contributed by atoms with Crippen molar-refractivity contribution in [3.05, 3.63) is 22.4 Å². The molecule has 2 unspecified atom stereocenters. The van der Waals surface area contributed by atoms with Crippen LogP contribution in [-0.4, -0.2) is 49.8 Å². The van der Waals surface area contributed by atoms with E-state index in [4.69, 9.17) is 4.74 Å². The van der Waals surface area contributed by atoms with E-state index in [1.54, 1.807) is 11.3 Å². The maximum absolute atomic E-state index is 5.50. The van der Waals surface area contributed by atoms with Crippen molar-refractivity contribution in [3.8, 4) is 0 Å². The number of hydrogen-bond acceptors (Lipinski definition) is 4. The number of nitrogens with zero attached hydrogens (tertiary/aromatic N) is 1. The van der Waals surface area contributed by atoms with Crippen molar-refractivity contribution in [1.82, 2.24) is 10.2 Å². The normalized spacial score (nSPS) is 22.1. The molecule has 19 heavy (non-hydrogen) atoms. The molecule has 1 aliphatic heterocycles. The second kappa shape index (κ2) is 6.84. The van der Waals surface area contributed by atoms with Crippen LogP contribution >= 0.6 is 11.3 Å². The molecular formula is C15H26N2OS. The number of nitrogens with one attached hydrogen (secondary N) is 1. The maximum atomic E-state index is 5.50. The lowest BCUT2D eigenvalue weighted by atomic mass is 9.83. The largest absolute Gasteiger partial charge is 0.379 e. The lowest BCUT2D eigenvalue weighted by Gasteiger charge is -2.47. The Balaban J connectivity index is 2.11. The molecule has 0 aromatic carbocycles. The topological polar surface area (TPSA) is 24.5 Å². The van der Waals surface area contributed by atoms with Crippen molar-refractivity contribution >= 4 is 11.3 Å². The van der Waals surface area contributed by atoms with Gasteiger partial charge in [-0.2, -0.15) is 11.3 Å². The van der Waals surface area contributed by atoms with E-state index in [2.05, 4.69) is 47.9 Å². The van der Waals surface area contributed by atoms with Crippen LogP contribution in [0.2, 0.25) is 0 Å². The van der Waals surface area contributed by atoms with Crippen LogP contribution in [-0.2, 0) is 11.2 Å². The molecule has 0 spiro atoms. The summed E-state index contributed by atoms with van der Waals surface area (Å²) in [6, 6.07) is 2.72. The second-order valence-electron chi connectivity index (χ2n) is 5.49. The minimum atomic E-state index is 0.195. The van der Waals surface area contributed by atoms with E-state index < -0.39 is 0 Å². The molecule has 4 heteroatoms. The van der Waals surface area contributed by atoms with Gasteiger partial charge in [0, 0.05) is 24.7 Å². The first-order valence-corrected chi connectivity index (χ1v) is 8.16. The summed E-state index contributed by atoms with van der Waals surface area (Å²) in [6.07, 6.45) is 2.25. The number of morpholine rings is 1. The van der Waals surface area contributed by atoms with Gasteiger partial charge in [0.25, 0.3) is 0 Å². The fourth-order valence-electron chi connectivity index (χ4n) is 3.04. The van der Waals surface area contributed by atoms with E-state index in [1.165, 1.54) is 5.56 Å². The van der Waals surface area contributed by atoms with Crippen molar-refractivity contribution in [1.29, 1.82) is 0 Å². The average molecular weight is 282 g/mol. The number of thiophene rings is 1. The number of ether oxygens (including phenoxy) is 1. The van der Waals surface area contributed by atoms with Crippen molar-refractivity contribution in [2.75, 3.05) is 33.4 Å². The smallest absolute Gasteiger partial charge is 0.0594 e. The van der Waals surface area contributed by atoms with Crippen LogP contribution in [0.5, 0.6) is 0 Å². The summed E-state index contributed by atoms with van der Waals surface area (Å²) in [5.74, 6) is 0. The van der Waals surface area contributed by atoms with Crippen LogP contribution < -0.4 is 5.32 Å². The van der Waals surface area contributed by atoms with E-state index in [0.29, 0.717) is 6.04 Å². The van der Waals surface area contributed by atoms with Gasteiger partial charge in [0.05, 0.1) is 13.2 Å². The number of likely N-dealkylation sites (N-methyl/N-ethyl adjacent to an activating group) is 1. The van der Waals surface area contributed by atoms with Gasteiger partial charge < -0.3 is 10.1 Å². The Hall–Kier alpha value is -0.420. The highest BCUT2D eigenvalue weighted by Gasteiger charge is 2.38. The molecule has 1 saturated heterocycles. The highest BCUT2D eigenvalue weighted by Crippen LogP contribution is 2.27. The van der Waals surface area contributed by atoms with Gasteiger partial charge in [-0.3, -0.25) is 4.90 Å². The molecule has 1 aromatic rings. The van der Waals surface area contributed by atoms with Crippen LogP contribution in [0.4, 0.5) is 0 Å². The average Bonchev–Trinajstić information content (AvgIpc) is 2.98. The van der Waals surface area contributed by atoms with Gasteiger partial charge >= 0.3 is 0 Å². The molecular weight excluding hydrogens is 256 g/mol. The van der Waals surface area contributed by atoms with E-state index >= 15 is 0 Å². The van der Waals surface area contributed by atoms with Crippen molar-refractivity contribution < 1.29 is 4.74 Å². The molecule has 1 aromatic heterocycles. The van der Waals surface area contributed by atoms with Gasteiger partial charge in [0.2, 0.25) is 0 Å². The predicted molar refractivity (Wildman–Crippen MR) is 82.0 cm³/mol. The Kier molecular flexibility index (Phi) is 5.39. The van der Waals surface area contributed by atoms with Gasteiger partial charge in [0.1, 0.15) is 0 Å². The van der Waals surface area contributed by atoms with Crippen LogP contribution in [0.1, 0.15) is 25.8 Å². The number of hydrogen-bond donors (Lipinski definition) is 1. The Morgan fingerprint density at radius 3 is 2.74 bits per heavy atom. The van der Waals surface area contributed by atoms with E-state index in [0.717, 1.165) is 39.1 Å². The van der Waals surface area contributed by atoms with Crippen LogP contribution in [0.3, 0.4) is 0 Å². The second-order valence-corrected chi connectivity index (χ2v) is 6.27. The molecule has 0 bridgehead atoms. The minimum Gasteiger partial charge on any atom is -0.379 e. The summed E-state index contributed by atoms with van der Waals surface area (Å²) in [7, 11) is 2.09. The maximum Gasteiger partial charge on any atom is 0.0594 e. The van der Waals surface area contributed by atoms with Gasteiger partial charge in [-0.1, -0.05) is 6.92 Å². The molecule has 2 atom stereocenters. The van der Waals surface area contributed by atoms with E-state index in [1.807, 2.05) is 0 Å². The third-order valence-electron chi connectivity index (χ3n) is 4.57. The van der Waals surface area contributed by atoms with Crippen LogP contribution in [0.15, 0.2) is 16.8 Å². The summed E-state index contributed by atoms with van der Waals surface area (Å²) in [5.41, 5.74) is 1.64. The zero-order valence-electron chi connectivity index (χ0n) is 12.3. The molecule has 108 valence electrons. The van der Waals surface area contributed by atoms with Gasteiger partial charge in [-0.05, 0) is 49.2 Å². The number of rotatable bonds is 6. The standard InChI is InChI=1S/C15H26N2OS/c1-4-15(2,17-6-8-18-9-7-17)14(16-3)11-13-5-10-19-12-13/h5,10,12,14,16H,4,6-9,11H2,1-3H3. The quantitative estimate of drug-likeness (QED) is 0.867. The Bertz CT molecular complexity index is 362. The predicted octanol–water partition coefficient (Wildman–Crippen LogP) is 2.38. The summed E-state index contributed by atoms with van der Waals surface area (Å²) in [4.78, 5) is 2.60. The molecule has 0 aliphatic carbocycles. The Morgan fingerprint density at radius 2 is 2.21 bits per heavy atom. The minimum absolute atomic E-state index is 0.195. The third-order valence-corrected chi connectivity index (χ3v) is 5.30. The van der Waals surface area contributed by atoms with E-state index in [9.17, 15) is 0 Å². The summed E-state index contributed by atoms with van der Waals surface area (Å²) in [6.45, 7) is 8.52. The molecule has 0 radical (unpaired) electrons. The Labute approximate surface area is 121 Å². The first-order chi connectivity index (χ1) is 9.20. The molecule has 1 fully saturated rings. The lowest BCUT2D eigenvalue weighted by Crippen LogP contribution is -2.61. The molecule has 1 N–H and O–H groups in total. The van der Waals surface area contributed by atoms with Crippen LogP contribution in [0, 0.1) is 0 Å². The van der Waals surface area contributed by atoms with Crippen molar-refractivity contribution in [2.45, 2.75) is 38.3 Å². The molecule has 2 heterocycles. The summed E-state index contributed by atoms with van der Waals surface area (Å²) < 4.78 is 5.50.